The molecular weight excluding hydrogens is 298 g/mol. The van der Waals surface area contributed by atoms with Crippen molar-refractivity contribution in [3.05, 3.63) is 58.9 Å². The van der Waals surface area contributed by atoms with Crippen molar-refractivity contribution in [2.24, 2.45) is 0 Å². The number of nitrogens with one attached hydrogen (secondary N) is 1. The molecule has 4 nitrogen and oxygen atoms in total. The summed E-state index contributed by atoms with van der Waals surface area (Å²) in [5, 5.41) is 12.4. The van der Waals surface area contributed by atoms with Crippen LogP contribution in [0.5, 0.6) is 0 Å². The Morgan fingerprint density at radius 1 is 1.41 bits per heavy atom. The average Bonchev–Trinajstić information content (AvgIpc) is 2.93. The zero-order valence-corrected chi connectivity index (χ0v) is 13.1. The lowest BCUT2D eigenvalue weighted by molar-refractivity contribution is -0.112. The molecule has 0 spiro atoms. The normalized spacial score (nSPS) is 11.3. The third-order valence-electron chi connectivity index (χ3n) is 3.09. The summed E-state index contributed by atoms with van der Waals surface area (Å²) in [5.41, 5.74) is 1.41. The minimum Gasteiger partial charge on any atom is -0.351 e. The van der Waals surface area contributed by atoms with Gasteiger partial charge in [-0.2, -0.15) is 5.26 Å². The minimum atomic E-state index is -0.456. The van der Waals surface area contributed by atoms with E-state index in [-0.39, 0.29) is 5.57 Å². The molecule has 0 atom stereocenters. The number of amides is 1. The van der Waals surface area contributed by atoms with Crippen molar-refractivity contribution < 1.29 is 4.79 Å². The number of nitriles is 1. The Morgan fingerprint density at radius 2 is 2.18 bits per heavy atom. The van der Waals surface area contributed by atoms with Gasteiger partial charge in [0, 0.05) is 29.1 Å². The zero-order chi connectivity index (χ0) is 16.1. The van der Waals surface area contributed by atoms with Gasteiger partial charge in [0.1, 0.15) is 11.6 Å². The number of aromatic nitrogens is 1. The van der Waals surface area contributed by atoms with Crippen LogP contribution in [0.3, 0.4) is 0 Å². The molecule has 22 heavy (non-hydrogen) atoms. The van der Waals surface area contributed by atoms with E-state index in [4.69, 9.17) is 11.6 Å². The number of anilines is 1. The van der Waals surface area contributed by atoms with Crippen molar-refractivity contribution in [1.29, 1.82) is 5.26 Å². The van der Waals surface area contributed by atoms with Crippen molar-refractivity contribution in [2.45, 2.75) is 19.9 Å². The highest BCUT2D eigenvalue weighted by Gasteiger charge is 2.10. The molecule has 0 saturated heterocycles. The highest BCUT2D eigenvalue weighted by atomic mass is 35.5. The Bertz CT molecular complexity index is 753. The molecule has 0 aliphatic carbocycles. The number of halogens is 1. The fourth-order valence-corrected chi connectivity index (χ4v) is 2.11. The van der Waals surface area contributed by atoms with E-state index >= 15 is 0 Å². The number of carbonyl (C=O) groups is 1. The number of nitrogens with zero attached hydrogens (tertiary/aromatic N) is 2. The van der Waals surface area contributed by atoms with Crippen molar-refractivity contribution in [1.82, 2.24) is 4.57 Å². The summed E-state index contributed by atoms with van der Waals surface area (Å²) in [4.78, 5) is 12.1. The van der Waals surface area contributed by atoms with E-state index in [9.17, 15) is 10.1 Å². The van der Waals surface area contributed by atoms with Crippen molar-refractivity contribution >= 4 is 29.3 Å². The first-order chi connectivity index (χ1) is 10.5. The quantitative estimate of drug-likeness (QED) is 0.677. The lowest BCUT2D eigenvalue weighted by Gasteiger charge is -2.05. The fourth-order valence-electron chi connectivity index (χ4n) is 1.92. The summed E-state index contributed by atoms with van der Waals surface area (Å²) in [6, 6.07) is 10.9. The zero-order valence-electron chi connectivity index (χ0n) is 12.4. The van der Waals surface area contributed by atoms with E-state index < -0.39 is 5.91 Å². The Morgan fingerprint density at radius 3 is 2.77 bits per heavy atom. The van der Waals surface area contributed by atoms with Crippen LogP contribution >= 0.6 is 11.6 Å². The summed E-state index contributed by atoms with van der Waals surface area (Å²) in [6.45, 7) is 4.12. The van der Waals surface area contributed by atoms with E-state index in [2.05, 4.69) is 19.2 Å². The third kappa shape index (κ3) is 4.00. The molecule has 0 saturated carbocycles. The van der Waals surface area contributed by atoms with Crippen molar-refractivity contribution in [3.8, 4) is 6.07 Å². The molecule has 0 aliphatic rings. The smallest absolute Gasteiger partial charge is 0.266 e. The van der Waals surface area contributed by atoms with Crippen LogP contribution in [0.1, 0.15) is 25.5 Å². The van der Waals surface area contributed by atoms with Gasteiger partial charge in [0.2, 0.25) is 0 Å². The maximum atomic E-state index is 12.1. The first-order valence-electron chi connectivity index (χ1n) is 6.86. The number of benzene rings is 1. The van der Waals surface area contributed by atoms with Crippen LogP contribution in [0, 0.1) is 11.3 Å². The van der Waals surface area contributed by atoms with Crippen LogP contribution in [0.2, 0.25) is 5.02 Å². The summed E-state index contributed by atoms with van der Waals surface area (Å²) < 4.78 is 2.01. The Kier molecular flexibility index (Phi) is 5.03. The van der Waals surface area contributed by atoms with Gasteiger partial charge in [0.15, 0.2) is 0 Å². The molecule has 0 fully saturated rings. The monoisotopic (exact) mass is 313 g/mol. The predicted molar refractivity (Wildman–Crippen MR) is 88.5 cm³/mol. The number of hydrogen-bond acceptors (Lipinski definition) is 2. The van der Waals surface area contributed by atoms with Gasteiger partial charge in [-0.3, -0.25) is 4.79 Å². The predicted octanol–water partition coefficient (Wildman–Crippen LogP) is 4.27. The topological polar surface area (TPSA) is 57.8 Å². The van der Waals surface area contributed by atoms with Gasteiger partial charge in [-0.1, -0.05) is 17.7 Å². The fraction of sp³-hybridized carbons (Fsp3) is 0.176. The van der Waals surface area contributed by atoms with Crippen LogP contribution in [0.15, 0.2) is 48.3 Å². The second kappa shape index (κ2) is 6.97. The van der Waals surface area contributed by atoms with Gasteiger partial charge in [-0.05, 0) is 49.8 Å². The molecule has 1 N–H and O–H groups in total. The van der Waals surface area contributed by atoms with E-state index in [1.807, 2.05) is 29.1 Å². The lowest BCUT2D eigenvalue weighted by atomic mass is 10.2. The van der Waals surface area contributed by atoms with E-state index in [1.165, 1.54) is 0 Å². The molecule has 0 unspecified atom stereocenters. The highest BCUT2D eigenvalue weighted by molar-refractivity contribution is 6.31. The number of carbonyl (C=O) groups excluding carboxylic acids is 1. The van der Waals surface area contributed by atoms with E-state index in [0.717, 1.165) is 5.56 Å². The first kappa shape index (κ1) is 15.9. The molecule has 0 aliphatic heterocycles. The molecule has 2 rings (SSSR count). The molecule has 1 aromatic heterocycles. The second-order valence-electron chi connectivity index (χ2n) is 5.12. The molecule has 5 heteroatoms. The van der Waals surface area contributed by atoms with Crippen molar-refractivity contribution in [3.63, 3.8) is 0 Å². The number of hydrogen-bond donors (Lipinski definition) is 1. The minimum absolute atomic E-state index is 0.0430. The third-order valence-corrected chi connectivity index (χ3v) is 3.33. The van der Waals surface area contributed by atoms with Crippen molar-refractivity contribution in [2.75, 3.05) is 5.32 Å². The molecular formula is C17H16ClN3O. The molecule has 1 aromatic carbocycles. The van der Waals surface area contributed by atoms with Crippen LogP contribution < -0.4 is 5.32 Å². The van der Waals surface area contributed by atoms with Gasteiger partial charge in [0.25, 0.3) is 5.91 Å². The Hall–Kier alpha value is -2.51. The average molecular weight is 314 g/mol. The Balaban J connectivity index is 2.18. The van der Waals surface area contributed by atoms with Gasteiger partial charge >= 0.3 is 0 Å². The Labute approximate surface area is 134 Å². The molecule has 0 radical (unpaired) electrons. The molecule has 112 valence electrons. The lowest BCUT2D eigenvalue weighted by Crippen LogP contribution is -2.13. The SMILES string of the molecule is CC(C)n1ccc(/C=C(\C#N)C(=O)Nc2cccc(Cl)c2)c1. The molecule has 1 amide bonds. The summed E-state index contributed by atoms with van der Waals surface area (Å²) in [7, 11) is 0. The van der Waals surface area contributed by atoms with Crippen LogP contribution in [0.25, 0.3) is 6.08 Å². The van der Waals surface area contributed by atoms with Crippen LogP contribution in [0.4, 0.5) is 5.69 Å². The summed E-state index contributed by atoms with van der Waals surface area (Å²) in [6.07, 6.45) is 5.38. The second-order valence-corrected chi connectivity index (χ2v) is 5.56. The standard InChI is InChI=1S/C17H16ClN3O/c1-12(2)21-7-6-13(11-21)8-14(10-19)17(22)20-16-5-3-4-15(18)9-16/h3-9,11-12H,1-2H3,(H,20,22)/b14-8+. The maximum absolute atomic E-state index is 12.1. The summed E-state index contributed by atoms with van der Waals surface area (Å²) >= 11 is 5.87. The largest absolute Gasteiger partial charge is 0.351 e. The maximum Gasteiger partial charge on any atom is 0.266 e. The summed E-state index contributed by atoms with van der Waals surface area (Å²) in [5.74, 6) is -0.456. The first-order valence-corrected chi connectivity index (χ1v) is 7.23. The van der Waals surface area contributed by atoms with E-state index in [1.54, 1.807) is 30.3 Å². The van der Waals surface area contributed by atoms with Gasteiger partial charge in [-0.15, -0.1) is 0 Å². The van der Waals surface area contributed by atoms with Gasteiger partial charge in [-0.25, -0.2) is 0 Å². The molecule has 0 bridgehead atoms. The van der Waals surface area contributed by atoms with Crippen LogP contribution in [-0.2, 0) is 4.79 Å². The van der Waals surface area contributed by atoms with E-state index in [0.29, 0.717) is 16.8 Å². The highest BCUT2D eigenvalue weighted by Crippen LogP contribution is 2.17. The molecule has 1 heterocycles. The number of rotatable bonds is 4. The van der Waals surface area contributed by atoms with Gasteiger partial charge in [0.05, 0.1) is 0 Å². The molecule has 2 aromatic rings. The van der Waals surface area contributed by atoms with Crippen LogP contribution in [-0.4, -0.2) is 10.5 Å². The van der Waals surface area contributed by atoms with Gasteiger partial charge < -0.3 is 9.88 Å².